The van der Waals surface area contributed by atoms with Crippen molar-refractivity contribution in [3.8, 4) is 5.75 Å². The zero-order valence-corrected chi connectivity index (χ0v) is 21.2. The fourth-order valence-electron chi connectivity index (χ4n) is 7.61. The van der Waals surface area contributed by atoms with Crippen molar-refractivity contribution in [2.75, 3.05) is 13.7 Å². The SMILES string of the molecule is COc1ccc2c(c1)CC[C@H]1[C@@H]3[C@H](CCCCCNC(=O)c4ccccc4)CC(=O)[C@@]3(C)CC[C@H]21. The molecule has 5 rings (SSSR count). The lowest BCUT2D eigenvalue weighted by molar-refractivity contribution is -0.129. The molecular formula is C31H39NO3. The Labute approximate surface area is 209 Å². The van der Waals surface area contributed by atoms with Crippen molar-refractivity contribution in [1.29, 1.82) is 0 Å². The second kappa shape index (κ2) is 10.2. The van der Waals surface area contributed by atoms with Gasteiger partial charge in [-0.3, -0.25) is 9.59 Å². The van der Waals surface area contributed by atoms with Crippen LogP contribution in [0.1, 0.15) is 85.7 Å². The monoisotopic (exact) mass is 473 g/mol. The van der Waals surface area contributed by atoms with Gasteiger partial charge in [-0.05, 0) is 97.6 Å². The minimum absolute atomic E-state index is 0.00574. The second-order valence-electron chi connectivity index (χ2n) is 11.2. The summed E-state index contributed by atoms with van der Waals surface area (Å²) in [6.07, 6.45) is 9.59. The highest BCUT2D eigenvalue weighted by atomic mass is 16.5. The molecule has 0 radical (unpaired) electrons. The summed E-state index contributed by atoms with van der Waals surface area (Å²) in [5.41, 5.74) is 3.55. The molecule has 5 atom stereocenters. The molecule has 1 amide bonds. The Balaban J connectivity index is 1.17. The van der Waals surface area contributed by atoms with Gasteiger partial charge in [0.05, 0.1) is 7.11 Å². The average molecular weight is 474 g/mol. The van der Waals surface area contributed by atoms with Crippen LogP contribution in [0.15, 0.2) is 48.5 Å². The molecule has 0 saturated heterocycles. The van der Waals surface area contributed by atoms with E-state index in [1.807, 2.05) is 30.3 Å². The lowest BCUT2D eigenvalue weighted by atomic mass is 9.54. The third kappa shape index (κ3) is 4.64. The fraction of sp³-hybridized carbons (Fsp3) is 0.548. The first-order chi connectivity index (χ1) is 17.0. The third-order valence-corrected chi connectivity index (χ3v) is 9.35. The molecule has 4 nitrogen and oxygen atoms in total. The number of benzene rings is 2. The van der Waals surface area contributed by atoms with Crippen LogP contribution in [-0.2, 0) is 11.2 Å². The van der Waals surface area contributed by atoms with Crippen molar-refractivity contribution in [1.82, 2.24) is 5.32 Å². The Hall–Kier alpha value is -2.62. The largest absolute Gasteiger partial charge is 0.497 e. The van der Waals surface area contributed by atoms with Gasteiger partial charge in [0, 0.05) is 23.9 Å². The van der Waals surface area contributed by atoms with E-state index in [1.54, 1.807) is 7.11 Å². The first kappa shape index (κ1) is 24.1. The molecule has 0 aliphatic heterocycles. The van der Waals surface area contributed by atoms with Crippen LogP contribution in [-0.4, -0.2) is 25.3 Å². The number of Topliss-reactive ketones (excluding diaryl/α,β-unsaturated/α-hetero) is 1. The number of amides is 1. The van der Waals surface area contributed by atoms with Gasteiger partial charge in [0.25, 0.3) is 5.91 Å². The molecule has 0 aromatic heterocycles. The van der Waals surface area contributed by atoms with E-state index in [9.17, 15) is 9.59 Å². The number of ether oxygens (including phenoxy) is 1. The number of hydrogen-bond acceptors (Lipinski definition) is 3. The zero-order valence-electron chi connectivity index (χ0n) is 21.2. The van der Waals surface area contributed by atoms with E-state index in [0.717, 1.165) is 62.7 Å². The predicted octanol–water partition coefficient (Wildman–Crippen LogP) is 6.34. The summed E-state index contributed by atoms with van der Waals surface area (Å²) in [5, 5.41) is 3.04. The van der Waals surface area contributed by atoms with Crippen LogP contribution in [0.4, 0.5) is 0 Å². The molecule has 0 bridgehead atoms. The number of nitrogens with one attached hydrogen (secondary N) is 1. The van der Waals surface area contributed by atoms with Crippen LogP contribution in [0.25, 0.3) is 0 Å². The summed E-state index contributed by atoms with van der Waals surface area (Å²) >= 11 is 0. The molecule has 4 heteroatoms. The van der Waals surface area contributed by atoms with Crippen LogP contribution < -0.4 is 10.1 Å². The molecule has 0 unspecified atom stereocenters. The Morgan fingerprint density at radius 2 is 1.91 bits per heavy atom. The van der Waals surface area contributed by atoms with Crippen LogP contribution in [0, 0.1) is 23.2 Å². The Morgan fingerprint density at radius 3 is 2.71 bits per heavy atom. The minimum Gasteiger partial charge on any atom is -0.497 e. The zero-order chi connectivity index (χ0) is 24.4. The molecule has 3 aliphatic rings. The summed E-state index contributed by atoms with van der Waals surface area (Å²) in [7, 11) is 1.74. The molecule has 1 N–H and O–H groups in total. The van der Waals surface area contributed by atoms with Crippen LogP contribution in [0.5, 0.6) is 5.75 Å². The summed E-state index contributed by atoms with van der Waals surface area (Å²) in [6, 6.07) is 16.0. The summed E-state index contributed by atoms with van der Waals surface area (Å²) < 4.78 is 5.47. The Kier molecular flexibility index (Phi) is 7.00. The maximum absolute atomic E-state index is 13.2. The molecule has 2 saturated carbocycles. The summed E-state index contributed by atoms with van der Waals surface area (Å²) in [5.74, 6) is 3.71. The van der Waals surface area contributed by atoms with Crippen LogP contribution >= 0.6 is 0 Å². The summed E-state index contributed by atoms with van der Waals surface area (Å²) in [4.78, 5) is 25.4. The van der Waals surface area contributed by atoms with Crippen molar-refractivity contribution in [2.24, 2.45) is 23.2 Å². The molecule has 0 heterocycles. The van der Waals surface area contributed by atoms with E-state index in [2.05, 4.69) is 30.4 Å². The highest BCUT2D eigenvalue weighted by Crippen LogP contribution is 2.62. The van der Waals surface area contributed by atoms with Gasteiger partial charge in [0.2, 0.25) is 0 Å². The number of hydrogen-bond donors (Lipinski definition) is 1. The number of ketones is 1. The fourth-order valence-corrected chi connectivity index (χ4v) is 7.61. The second-order valence-corrected chi connectivity index (χ2v) is 11.2. The van der Waals surface area contributed by atoms with Gasteiger partial charge in [0.1, 0.15) is 11.5 Å². The maximum Gasteiger partial charge on any atom is 0.251 e. The lowest BCUT2D eigenvalue weighted by Gasteiger charge is -2.50. The Morgan fingerprint density at radius 1 is 1.09 bits per heavy atom. The van der Waals surface area contributed by atoms with E-state index >= 15 is 0 Å². The predicted molar refractivity (Wildman–Crippen MR) is 139 cm³/mol. The normalized spacial score (nSPS) is 29.1. The molecule has 2 aromatic carbocycles. The summed E-state index contributed by atoms with van der Waals surface area (Å²) in [6.45, 7) is 2.99. The van der Waals surface area contributed by atoms with Crippen LogP contribution in [0.3, 0.4) is 0 Å². The van der Waals surface area contributed by atoms with Gasteiger partial charge >= 0.3 is 0 Å². The van der Waals surface area contributed by atoms with E-state index in [1.165, 1.54) is 17.5 Å². The molecule has 0 spiro atoms. The number of fused-ring (bicyclic) bond motifs is 5. The van der Waals surface area contributed by atoms with Gasteiger partial charge in [-0.1, -0.05) is 44.0 Å². The number of aryl methyl sites for hydroxylation is 1. The average Bonchev–Trinajstić information content (AvgIpc) is 3.15. The number of carbonyl (C=O) groups excluding carboxylic acids is 2. The van der Waals surface area contributed by atoms with E-state index < -0.39 is 0 Å². The number of rotatable bonds is 8. The first-order valence-electron chi connectivity index (χ1n) is 13.5. The molecule has 186 valence electrons. The van der Waals surface area contributed by atoms with Gasteiger partial charge in [-0.2, -0.15) is 0 Å². The highest BCUT2D eigenvalue weighted by molar-refractivity contribution is 5.94. The third-order valence-electron chi connectivity index (χ3n) is 9.35. The number of carbonyl (C=O) groups is 2. The standard InChI is InChI=1S/C31H39NO3/c1-31-17-16-26-25-15-13-24(35-2)19-22(25)12-14-27(26)29(31)23(20-28(31)33)11-7-4-8-18-32-30(34)21-9-5-3-6-10-21/h3,5-6,9-10,13,15,19,23,26-27,29H,4,7-8,11-12,14,16-18,20H2,1-2H3,(H,32,34)/t23-,26-,27-,29+,31-/m1/s1. The molecule has 3 aliphatic carbocycles. The van der Waals surface area contributed by atoms with Crippen molar-refractivity contribution in [3.05, 3.63) is 65.2 Å². The topological polar surface area (TPSA) is 55.4 Å². The van der Waals surface area contributed by atoms with Gasteiger partial charge in [0.15, 0.2) is 0 Å². The Bertz CT molecular complexity index is 1060. The van der Waals surface area contributed by atoms with E-state index in [4.69, 9.17) is 4.74 Å². The van der Waals surface area contributed by atoms with Gasteiger partial charge in [-0.25, -0.2) is 0 Å². The number of unbranched alkanes of at least 4 members (excludes halogenated alkanes) is 2. The molecule has 2 aromatic rings. The van der Waals surface area contributed by atoms with Crippen molar-refractivity contribution >= 4 is 11.7 Å². The smallest absolute Gasteiger partial charge is 0.251 e. The maximum atomic E-state index is 13.2. The molecule has 35 heavy (non-hydrogen) atoms. The quantitative estimate of drug-likeness (QED) is 0.455. The van der Waals surface area contributed by atoms with Crippen molar-refractivity contribution in [3.63, 3.8) is 0 Å². The highest BCUT2D eigenvalue weighted by Gasteiger charge is 2.58. The van der Waals surface area contributed by atoms with E-state index in [-0.39, 0.29) is 11.3 Å². The van der Waals surface area contributed by atoms with E-state index in [0.29, 0.717) is 36.0 Å². The van der Waals surface area contributed by atoms with Crippen molar-refractivity contribution < 1.29 is 14.3 Å². The van der Waals surface area contributed by atoms with Gasteiger partial charge in [-0.15, -0.1) is 0 Å². The van der Waals surface area contributed by atoms with Crippen molar-refractivity contribution in [2.45, 2.75) is 70.6 Å². The first-order valence-corrected chi connectivity index (χ1v) is 13.5. The van der Waals surface area contributed by atoms with Crippen LogP contribution in [0.2, 0.25) is 0 Å². The number of methoxy groups -OCH3 is 1. The minimum atomic E-state index is -0.126. The lowest BCUT2D eigenvalue weighted by Crippen LogP contribution is -2.44. The molecule has 2 fully saturated rings. The van der Waals surface area contributed by atoms with Gasteiger partial charge < -0.3 is 10.1 Å². The molecular weight excluding hydrogens is 434 g/mol.